The Hall–Kier alpha value is -2.94. The van der Waals surface area contributed by atoms with E-state index in [0.717, 1.165) is 12.8 Å². The minimum absolute atomic E-state index is 0.0156. The summed E-state index contributed by atoms with van der Waals surface area (Å²) in [5.41, 5.74) is 3.32. The van der Waals surface area contributed by atoms with Crippen LogP contribution in [0.1, 0.15) is 93.1 Å². The molecule has 0 saturated carbocycles. The molecule has 0 fully saturated rings. The number of hydrogen-bond donors (Lipinski definition) is 2. The molecule has 0 aliphatic rings. The van der Waals surface area contributed by atoms with E-state index >= 15 is 0 Å². The minimum atomic E-state index is -1.77. The summed E-state index contributed by atoms with van der Waals surface area (Å²) >= 11 is 0. The maximum absolute atomic E-state index is 12.6. The molecule has 0 aliphatic heterocycles. The van der Waals surface area contributed by atoms with Crippen molar-refractivity contribution >= 4 is 23.9 Å². The van der Waals surface area contributed by atoms with E-state index in [9.17, 15) is 24.3 Å². The molecule has 0 aliphatic carbocycles. The van der Waals surface area contributed by atoms with Crippen LogP contribution in [-0.2, 0) is 30.3 Å². The largest absolute Gasteiger partial charge is 0.480 e. The number of hydrogen-bond acceptors (Lipinski definition) is 8. The summed E-state index contributed by atoms with van der Waals surface area (Å²) in [4.78, 5) is 49.3. The number of aliphatic carboxylic acids is 1. The zero-order chi connectivity index (χ0) is 28.6. The predicted octanol–water partition coefficient (Wildman–Crippen LogP) is 4.82. The van der Waals surface area contributed by atoms with E-state index < -0.39 is 46.4 Å². The molecule has 0 spiro atoms. The minimum Gasteiger partial charge on any atom is -0.480 e. The summed E-state index contributed by atoms with van der Waals surface area (Å²) < 4.78 is 16.4. The van der Waals surface area contributed by atoms with E-state index in [1.54, 1.807) is 54.5 Å². The van der Waals surface area contributed by atoms with Crippen molar-refractivity contribution in [3.05, 3.63) is 23.8 Å². The molecule has 0 saturated heterocycles. The molecule has 2 atom stereocenters. The maximum Gasteiger partial charge on any atom is 0.324 e. The highest BCUT2D eigenvalue weighted by atomic mass is 16.6. The van der Waals surface area contributed by atoms with Gasteiger partial charge < -0.3 is 25.1 Å². The molecule has 9 nitrogen and oxygen atoms in total. The fourth-order valence-electron chi connectivity index (χ4n) is 3.29. The Bertz CT molecular complexity index is 973. The van der Waals surface area contributed by atoms with Gasteiger partial charge in [0.2, 0.25) is 0 Å². The average Bonchev–Trinajstić information content (AvgIpc) is 2.73. The Kier molecular flexibility index (Phi) is 11.3. The topological polar surface area (TPSA) is 142 Å². The second-order valence-corrected chi connectivity index (χ2v) is 11.7. The number of rotatable bonds is 12. The lowest BCUT2D eigenvalue weighted by molar-refractivity contribution is -0.153. The number of carbonyl (C=O) groups excluding carboxylic acids is 3. The normalized spacial score (nSPS) is 14.3. The van der Waals surface area contributed by atoms with Crippen molar-refractivity contribution in [1.82, 2.24) is 0 Å². The van der Waals surface area contributed by atoms with Gasteiger partial charge in [0.1, 0.15) is 11.6 Å². The summed E-state index contributed by atoms with van der Waals surface area (Å²) in [6.07, 6.45) is 1.85. The van der Waals surface area contributed by atoms with Crippen LogP contribution in [0.2, 0.25) is 0 Å². The summed E-state index contributed by atoms with van der Waals surface area (Å²) in [5.74, 6) is -2.72. The first-order valence-corrected chi connectivity index (χ1v) is 12.7. The molecule has 0 radical (unpaired) electrons. The van der Waals surface area contributed by atoms with Gasteiger partial charge in [-0.2, -0.15) is 0 Å². The summed E-state index contributed by atoms with van der Waals surface area (Å²) in [5, 5.41) is 9.91. The van der Waals surface area contributed by atoms with Crippen molar-refractivity contribution in [2.75, 3.05) is 0 Å². The van der Waals surface area contributed by atoms with Crippen LogP contribution in [0.4, 0.5) is 0 Å². The van der Waals surface area contributed by atoms with Crippen LogP contribution in [0.3, 0.4) is 0 Å². The van der Waals surface area contributed by atoms with Crippen molar-refractivity contribution < 1.29 is 38.5 Å². The van der Waals surface area contributed by atoms with Crippen LogP contribution in [0.15, 0.2) is 18.2 Å². The summed E-state index contributed by atoms with van der Waals surface area (Å²) in [6, 6.07) is 4.45. The SMILES string of the molecule is CCCCCC(=O)O[C@@H](C)CC(N)(Cc1ccc(OC(=O)C(C)(C)C)c(OC(=O)C(C)(C)C)c1)C(=O)O. The zero-order valence-corrected chi connectivity index (χ0v) is 23.4. The van der Waals surface area contributed by atoms with Crippen molar-refractivity contribution in [3.63, 3.8) is 0 Å². The molecular formula is C28H43NO8. The van der Waals surface area contributed by atoms with Gasteiger partial charge in [0, 0.05) is 19.3 Å². The Morgan fingerprint density at radius 2 is 1.46 bits per heavy atom. The number of carboxylic acids is 1. The van der Waals surface area contributed by atoms with Gasteiger partial charge in [0.25, 0.3) is 0 Å². The fourth-order valence-corrected chi connectivity index (χ4v) is 3.29. The maximum atomic E-state index is 12.6. The molecule has 0 amide bonds. The summed E-state index contributed by atoms with van der Waals surface area (Å²) in [7, 11) is 0. The molecule has 0 heterocycles. The first kappa shape index (κ1) is 32.1. The van der Waals surface area contributed by atoms with Gasteiger partial charge in [0.15, 0.2) is 11.5 Å². The summed E-state index contributed by atoms with van der Waals surface area (Å²) in [6.45, 7) is 13.8. The second-order valence-electron chi connectivity index (χ2n) is 11.7. The van der Waals surface area contributed by atoms with Gasteiger partial charge in [0.05, 0.1) is 10.8 Å². The number of unbranched alkanes of at least 4 members (excludes halogenated alkanes) is 2. The van der Waals surface area contributed by atoms with Crippen molar-refractivity contribution in [2.45, 2.75) is 106 Å². The van der Waals surface area contributed by atoms with Crippen LogP contribution in [-0.4, -0.2) is 40.6 Å². The third-order valence-electron chi connectivity index (χ3n) is 5.55. The van der Waals surface area contributed by atoms with Gasteiger partial charge in [-0.15, -0.1) is 0 Å². The molecule has 37 heavy (non-hydrogen) atoms. The first-order valence-electron chi connectivity index (χ1n) is 12.7. The molecule has 1 aromatic carbocycles. The molecule has 0 bridgehead atoms. The average molecular weight is 522 g/mol. The van der Waals surface area contributed by atoms with Crippen LogP contribution in [0, 0.1) is 10.8 Å². The highest BCUT2D eigenvalue weighted by molar-refractivity contribution is 5.82. The van der Waals surface area contributed by atoms with Crippen molar-refractivity contribution in [2.24, 2.45) is 16.6 Å². The van der Waals surface area contributed by atoms with Gasteiger partial charge in [-0.05, 0) is 72.6 Å². The number of benzene rings is 1. The molecule has 1 aromatic rings. The van der Waals surface area contributed by atoms with E-state index in [1.807, 2.05) is 6.92 Å². The van der Waals surface area contributed by atoms with Crippen LogP contribution < -0.4 is 15.2 Å². The molecule has 1 unspecified atom stereocenters. The van der Waals surface area contributed by atoms with Gasteiger partial charge in [-0.1, -0.05) is 25.8 Å². The van der Waals surface area contributed by atoms with E-state index in [2.05, 4.69) is 0 Å². The van der Waals surface area contributed by atoms with E-state index in [4.69, 9.17) is 19.9 Å². The number of ether oxygens (including phenoxy) is 3. The Morgan fingerprint density at radius 1 is 0.919 bits per heavy atom. The lowest BCUT2D eigenvalue weighted by Gasteiger charge is -2.28. The highest BCUT2D eigenvalue weighted by Gasteiger charge is 2.37. The Morgan fingerprint density at radius 3 is 1.95 bits per heavy atom. The third-order valence-corrected chi connectivity index (χ3v) is 5.55. The van der Waals surface area contributed by atoms with E-state index in [-0.39, 0.29) is 30.8 Å². The monoisotopic (exact) mass is 521 g/mol. The van der Waals surface area contributed by atoms with Gasteiger partial charge in [-0.3, -0.25) is 19.2 Å². The Labute approximate surface area is 220 Å². The highest BCUT2D eigenvalue weighted by Crippen LogP contribution is 2.34. The van der Waals surface area contributed by atoms with Crippen LogP contribution in [0.5, 0.6) is 11.5 Å². The first-order chi connectivity index (χ1) is 16.9. The van der Waals surface area contributed by atoms with Gasteiger partial charge >= 0.3 is 23.9 Å². The van der Waals surface area contributed by atoms with Gasteiger partial charge in [-0.25, -0.2) is 0 Å². The standard InChI is InChI=1S/C28H43NO8/c1-9-10-11-12-22(30)35-18(2)16-28(29,23(31)32)17-19-13-14-20(36-24(33)26(3,4)5)21(15-19)37-25(34)27(6,7)8/h13-15,18H,9-12,16-17,29H2,1-8H3,(H,31,32)/t18-,28?/m0/s1. The third kappa shape index (κ3) is 10.5. The number of nitrogens with two attached hydrogens (primary N) is 1. The molecule has 1 rings (SSSR count). The Balaban J connectivity index is 3.20. The fraction of sp³-hybridized carbons (Fsp3) is 0.643. The second kappa shape index (κ2) is 13.0. The van der Waals surface area contributed by atoms with Crippen molar-refractivity contribution in [3.8, 4) is 11.5 Å². The lowest BCUT2D eigenvalue weighted by Crippen LogP contribution is -2.52. The van der Waals surface area contributed by atoms with E-state index in [0.29, 0.717) is 12.0 Å². The zero-order valence-electron chi connectivity index (χ0n) is 23.4. The molecular weight excluding hydrogens is 478 g/mol. The van der Waals surface area contributed by atoms with Crippen LogP contribution >= 0.6 is 0 Å². The van der Waals surface area contributed by atoms with E-state index in [1.165, 1.54) is 12.1 Å². The smallest absolute Gasteiger partial charge is 0.324 e. The van der Waals surface area contributed by atoms with Crippen molar-refractivity contribution in [1.29, 1.82) is 0 Å². The molecule has 208 valence electrons. The molecule has 3 N–H and O–H groups in total. The quantitative estimate of drug-likeness (QED) is 0.225. The lowest BCUT2D eigenvalue weighted by atomic mass is 9.86. The number of esters is 3. The number of carbonyl (C=O) groups is 4. The molecule has 0 aromatic heterocycles. The van der Waals surface area contributed by atoms with Crippen LogP contribution in [0.25, 0.3) is 0 Å². The molecule has 9 heteroatoms. The number of carboxylic acid groups (broad SMARTS) is 1. The predicted molar refractivity (Wildman–Crippen MR) is 139 cm³/mol.